The number of aromatic hydroxyl groups is 2. The number of carbonyl (C=O) groups is 2. The second kappa shape index (κ2) is 7.15. The van der Waals surface area contributed by atoms with Gasteiger partial charge in [-0.15, -0.1) is 0 Å². The van der Waals surface area contributed by atoms with Gasteiger partial charge in [0.2, 0.25) is 5.76 Å². The van der Waals surface area contributed by atoms with E-state index in [1.165, 1.54) is 6.07 Å². The first kappa shape index (κ1) is 18.5. The van der Waals surface area contributed by atoms with E-state index in [-0.39, 0.29) is 41.6 Å². The fourth-order valence-electron chi connectivity index (χ4n) is 3.16. The molecule has 6 nitrogen and oxygen atoms in total. The maximum atomic E-state index is 12.6. The van der Waals surface area contributed by atoms with E-state index in [0.29, 0.717) is 16.7 Å². The zero-order valence-corrected chi connectivity index (χ0v) is 15.3. The lowest BCUT2D eigenvalue weighted by Crippen LogP contribution is -2.06. The Morgan fingerprint density at radius 3 is 2.52 bits per heavy atom. The lowest BCUT2D eigenvalue weighted by Gasteiger charge is -2.08. The van der Waals surface area contributed by atoms with Crippen molar-refractivity contribution >= 4 is 22.7 Å². The molecule has 2 aromatic carbocycles. The van der Waals surface area contributed by atoms with Crippen molar-refractivity contribution in [2.75, 3.05) is 6.61 Å². The third kappa shape index (κ3) is 3.51. The summed E-state index contributed by atoms with van der Waals surface area (Å²) >= 11 is 0. The van der Waals surface area contributed by atoms with Gasteiger partial charge in [-0.3, -0.25) is 4.79 Å². The fourth-order valence-corrected chi connectivity index (χ4v) is 3.16. The number of rotatable bonds is 5. The molecule has 0 unspecified atom stereocenters. The van der Waals surface area contributed by atoms with E-state index >= 15 is 0 Å². The van der Waals surface area contributed by atoms with Crippen molar-refractivity contribution in [3.8, 4) is 11.5 Å². The maximum absolute atomic E-state index is 12.6. The third-order valence-corrected chi connectivity index (χ3v) is 4.40. The highest BCUT2D eigenvalue weighted by Crippen LogP contribution is 2.30. The van der Waals surface area contributed by atoms with Crippen LogP contribution in [0.3, 0.4) is 0 Å². The van der Waals surface area contributed by atoms with Crippen LogP contribution in [0.25, 0.3) is 11.0 Å². The number of fused-ring (bicyclic) bond motifs is 1. The molecule has 3 rings (SSSR count). The molecule has 0 saturated heterocycles. The van der Waals surface area contributed by atoms with Crippen LogP contribution in [0.1, 0.15) is 44.5 Å². The predicted molar refractivity (Wildman–Crippen MR) is 99.5 cm³/mol. The maximum Gasteiger partial charge on any atom is 0.374 e. The summed E-state index contributed by atoms with van der Waals surface area (Å²) in [6.45, 7) is 5.40. The average Bonchev–Trinajstić information content (AvgIpc) is 2.91. The number of hydrogen-bond donors (Lipinski definition) is 2. The van der Waals surface area contributed by atoms with Gasteiger partial charge in [0.1, 0.15) is 17.1 Å². The Hall–Kier alpha value is -3.28. The number of carbonyl (C=O) groups excluding carboxylic acids is 2. The van der Waals surface area contributed by atoms with Crippen molar-refractivity contribution in [1.29, 1.82) is 0 Å². The molecular formula is C21H20O6. The molecule has 1 aromatic heterocycles. The van der Waals surface area contributed by atoms with E-state index in [4.69, 9.17) is 9.15 Å². The van der Waals surface area contributed by atoms with Crippen LogP contribution < -0.4 is 0 Å². The molecule has 0 atom stereocenters. The Labute approximate surface area is 156 Å². The summed E-state index contributed by atoms with van der Waals surface area (Å²) in [5.74, 6) is -0.974. The number of benzene rings is 2. The van der Waals surface area contributed by atoms with Crippen LogP contribution in [-0.2, 0) is 11.2 Å². The van der Waals surface area contributed by atoms with Crippen molar-refractivity contribution in [3.05, 3.63) is 58.3 Å². The molecule has 1 heterocycles. The Morgan fingerprint density at radius 2 is 1.85 bits per heavy atom. The van der Waals surface area contributed by atoms with Gasteiger partial charge in [0.25, 0.3) is 0 Å². The normalized spacial score (nSPS) is 10.9. The van der Waals surface area contributed by atoms with Crippen molar-refractivity contribution in [2.45, 2.75) is 27.2 Å². The van der Waals surface area contributed by atoms with Crippen LogP contribution in [0.15, 0.2) is 34.7 Å². The number of hydrogen-bond acceptors (Lipinski definition) is 6. The Morgan fingerprint density at radius 1 is 1.11 bits per heavy atom. The van der Waals surface area contributed by atoms with Gasteiger partial charge in [0.05, 0.1) is 12.2 Å². The number of phenols is 2. The van der Waals surface area contributed by atoms with Crippen molar-refractivity contribution < 1.29 is 29.0 Å². The van der Waals surface area contributed by atoms with Gasteiger partial charge in [0, 0.05) is 23.4 Å². The largest absolute Gasteiger partial charge is 0.508 e. The number of aryl methyl sites for hydroxylation is 2. The lowest BCUT2D eigenvalue weighted by atomic mass is 9.97. The number of ether oxygens (including phenoxy) is 1. The first-order chi connectivity index (χ1) is 12.8. The van der Waals surface area contributed by atoms with Crippen LogP contribution in [0, 0.1) is 13.8 Å². The minimum absolute atomic E-state index is 0.0640. The van der Waals surface area contributed by atoms with Gasteiger partial charge in [-0.05, 0) is 50.1 Å². The van der Waals surface area contributed by atoms with E-state index in [0.717, 1.165) is 17.0 Å². The molecule has 27 heavy (non-hydrogen) atoms. The molecule has 0 bridgehead atoms. The van der Waals surface area contributed by atoms with Gasteiger partial charge in [0.15, 0.2) is 5.78 Å². The smallest absolute Gasteiger partial charge is 0.374 e. The Balaban J connectivity index is 1.93. The van der Waals surface area contributed by atoms with Gasteiger partial charge in [-0.2, -0.15) is 0 Å². The van der Waals surface area contributed by atoms with E-state index in [9.17, 15) is 19.8 Å². The molecule has 0 aliphatic carbocycles. The lowest BCUT2D eigenvalue weighted by molar-refractivity contribution is 0.0491. The summed E-state index contributed by atoms with van der Waals surface area (Å²) in [7, 11) is 0. The molecule has 0 radical (unpaired) electrons. The highest BCUT2D eigenvalue weighted by atomic mass is 16.5. The van der Waals surface area contributed by atoms with E-state index in [1.807, 2.05) is 0 Å². The van der Waals surface area contributed by atoms with Gasteiger partial charge < -0.3 is 19.4 Å². The molecule has 0 saturated carbocycles. The summed E-state index contributed by atoms with van der Waals surface area (Å²) in [6.07, 6.45) is 0.0640. The second-order valence-electron chi connectivity index (χ2n) is 6.36. The number of Topliss-reactive ketones (excluding diaryl/α,β-unsaturated/α-hetero) is 1. The number of phenolic OH excluding ortho intramolecular Hbond substituents is 2. The first-order valence-electron chi connectivity index (χ1n) is 8.56. The molecule has 0 aliphatic heterocycles. The molecule has 6 heteroatoms. The van der Waals surface area contributed by atoms with Gasteiger partial charge >= 0.3 is 5.97 Å². The number of esters is 1. The molecular weight excluding hydrogens is 348 g/mol. The van der Waals surface area contributed by atoms with E-state index in [2.05, 4.69) is 0 Å². The SMILES string of the molecule is CCOC(=O)c1oc2ccc(CC(=O)c3c(C)cc(O)cc3O)cc2c1C. The predicted octanol–water partition coefficient (Wildman–Crippen LogP) is 4.06. The van der Waals surface area contributed by atoms with E-state index < -0.39 is 5.97 Å². The minimum atomic E-state index is -0.520. The van der Waals surface area contributed by atoms with Crippen LogP contribution in [0.2, 0.25) is 0 Å². The minimum Gasteiger partial charge on any atom is -0.508 e. The molecule has 0 fully saturated rings. The molecule has 3 aromatic rings. The van der Waals surface area contributed by atoms with Crippen molar-refractivity contribution in [3.63, 3.8) is 0 Å². The number of ketones is 1. The highest BCUT2D eigenvalue weighted by molar-refractivity contribution is 6.02. The first-order valence-corrected chi connectivity index (χ1v) is 8.56. The molecule has 0 aliphatic rings. The molecule has 140 valence electrons. The second-order valence-corrected chi connectivity index (χ2v) is 6.36. The summed E-state index contributed by atoms with van der Waals surface area (Å²) in [5, 5.41) is 20.2. The Bertz CT molecular complexity index is 1020. The number of furan rings is 1. The monoisotopic (exact) mass is 368 g/mol. The summed E-state index contributed by atoms with van der Waals surface area (Å²) < 4.78 is 10.6. The average molecular weight is 368 g/mol. The molecule has 2 N–H and O–H groups in total. The van der Waals surface area contributed by atoms with Crippen LogP contribution in [-0.4, -0.2) is 28.6 Å². The van der Waals surface area contributed by atoms with E-state index in [1.54, 1.807) is 39.0 Å². The van der Waals surface area contributed by atoms with Crippen molar-refractivity contribution in [2.24, 2.45) is 0 Å². The van der Waals surface area contributed by atoms with Crippen LogP contribution in [0.4, 0.5) is 0 Å². The van der Waals surface area contributed by atoms with Gasteiger partial charge in [-0.25, -0.2) is 4.79 Å². The topological polar surface area (TPSA) is 97.0 Å². The summed E-state index contributed by atoms with van der Waals surface area (Å²) in [4.78, 5) is 24.6. The zero-order valence-electron chi connectivity index (χ0n) is 15.3. The standard InChI is InChI=1S/C21H20O6/c1-4-26-21(25)20-12(3)15-8-13(5-6-18(15)27-20)9-16(23)19-11(2)7-14(22)10-17(19)24/h5-8,10,22,24H,4,9H2,1-3H3. The fraction of sp³-hybridized carbons (Fsp3) is 0.238. The molecule has 0 amide bonds. The van der Waals surface area contributed by atoms with Crippen molar-refractivity contribution in [1.82, 2.24) is 0 Å². The summed E-state index contributed by atoms with van der Waals surface area (Å²) in [6, 6.07) is 7.82. The highest BCUT2D eigenvalue weighted by Gasteiger charge is 2.20. The zero-order chi connectivity index (χ0) is 19.7. The Kier molecular flexibility index (Phi) is 4.90. The molecule has 0 spiro atoms. The summed E-state index contributed by atoms with van der Waals surface area (Å²) in [5.41, 5.74) is 2.60. The quantitative estimate of drug-likeness (QED) is 0.521. The van der Waals surface area contributed by atoms with Crippen LogP contribution in [0.5, 0.6) is 11.5 Å². The van der Waals surface area contributed by atoms with Crippen LogP contribution >= 0.6 is 0 Å². The van der Waals surface area contributed by atoms with Gasteiger partial charge in [-0.1, -0.05) is 6.07 Å². The third-order valence-electron chi connectivity index (χ3n) is 4.40.